The molecule has 0 aromatic rings. The third kappa shape index (κ3) is 2.65. The molecule has 2 rings (SSSR count). The summed E-state index contributed by atoms with van der Waals surface area (Å²) >= 11 is 1.92. The summed E-state index contributed by atoms with van der Waals surface area (Å²) in [6.45, 7) is 2.15. The van der Waals surface area contributed by atoms with Crippen LogP contribution in [-0.2, 0) is 9.53 Å². The second-order valence-corrected chi connectivity index (χ2v) is 5.18. The standard InChI is InChI=1S/C10H18N2O2S/c1-12(8-2-5-15-7-8)10(13)9-6-11-3-4-14-9/h8-9,11H,2-7H2,1H3/t8?,9-/m0/s1. The van der Waals surface area contributed by atoms with Crippen LogP contribution >= 0.6 is 11.8 Å². The Kier molecular flexibility index (Phi) is 3.88. The summed E-state index contributed by atoms with van der Waals surface area (Å²) < 4.78 is 5.46. The molecule has 4 nitrogen and oxygen atoms in total. The first-order chi connectivity index (χ1) is 7.29. The van der Waals surface area contributed by atoms with Crippen LogP contribution in [0.4, 0.5) is 0 Å². The number of carbonyl (C=O) groups is 1. The van der Waals surface area contributed by atoms with Gasteiger partial charge in [0, 0.05) is 31.9 Å². The monoisotopic (exact) mass is 230 g/mol. The van der Waals surface area contributed by atoms with Gasteiger partial charge in [-0.25, -0.2) is 0 Å². The molecule has 0 spiro atoms. The van der Waals surface area contributed by atoms with Gasteiger partial charge >= 0.3 is 0 Å². The molecule has 5 heteroatoms. The summed E-state index contributed by atoms with van der Waals surface area (Å²) in [6.07, 6.45) is 0.849. The van der Waals surface area contributed by atoms with Crippen molar-refractivity contribution in [2.24, 2.45) is 0 Å². The van der Waals surface area contributed by atoms with Crippen LogP contribution in [0.15, 0.2) is 0 Å². The average Bonchev–Trinajstić information content (AvgIpc) is 2.82. The van der Waals surface area contributed by atoms with Gasteiger partial charge in [0.25, 0.3) is 5.91 Å². The highest BCUT2D eigenvalue weighted by Crippen LogP contribution is 2.22. The maximum absolute atomic E-state index is 12.0. The van der Waals surface area contributed by atoms with Gasteiger partial charge in [0.05, 0.1) is 6.61 Å². The Morgan fingerprint density at radius 1 is 1.60 bits per heavy atom. The molecule has 0 aromatic carbocycles. The van der Waals surface area contributed by atoms with Gasteiger partial charge in [-0.15, -0.1) is 0 Å². The number of hydrogen-bond donors (Lipinski definition) is 1. The second-order valence-electron chi connectivity index (χ2n) is 4.03. The van der Waals surface area contributed by atoms with Crippen molar-refractivity contribution in [2.45, 2.75) is 18.6 Å². The van der Waals surface area contributed by atoms with E-state index in [0.717, 1.165) is 18.7 Å². The summed E-state index contributed by atoms with van der Waals surface area (Å²) in [6, 6.07) is 0.410. The Balaban J connectivity index is 1.87. The fourth-order valence-electron chi connectivity index (χ4n) is 1.96. The van der Waals surface area contributed by atoms with Crippen molar-refractivity contribution in [3.8, 4) is 0 Å². The maximum Gasteiger partial charge on any atom is 0.253 e. The van der Waals surface area contributed by atoms with Crippen molar-refractivity contribution in [3.05, 3.63) is 0 Å². The topological polar surface area (TPSA) is 41.6 Å². The quantitative estimate of drug-likeness (QED) is 0.721. The predicted octanol–water partition coefficient (Wildman–Crippen LogP) is -0.0613. The molecule has 0 aromatic heterocycles. The van der Waals surface area contributed by atoms with Crippen LogP contribution in [0, 0.1) is 0 Å². The highest BCUT2D eigenvalue weighted by Gasteiger charge is 2.30. The van der Waals surface area contributed by atoms with Crippen LogP contribution in [0.25, 0.3) is 0 Å². The molecule has 2 aliphatic heterocycles. The number of rotatable bonds is 2. The van der Waals surface area contributed by atoms with Crippen molar-refractivity contribution >= 4 is 17.7 Å². The number of thioether (sulfide) groups is 1. The zero-order valence-electron chi connectivity index (χ0n) is 9.07. The second kappa shape index (κ2) is 5.18. The summed E-state index contributed by atoms with van der Waals surface area (Å²) in [4.78, 5) is 13.9. The normalized spacial score (nSPS) is 31.5. The average molecular weight is 230 g/mol. The van der Waals surface area contributed by atoms with Gasteiger partial charge < -0.3 is 15.0 Å². The van der Waals surface area contributed by atoms with E-state index in [0.29, 0.717) is 19.2 Å². The van der Waals surface area contributed by atoms with E-state index in [2.05, 4.69) is 5.32 Å². The minimum absolute atomic E-state index is 0.134. The SMILES string of the molecule is CN(C(=O)[C@@H]1CNCCO1)C1CCSC1. The van der Waals surface area contributed by atoms with E-state index in [1.165, 1.54) is 5.75 Å². The van der Waals surface area contributed by atoms with Crippen molar-refractivity contribution in [1.29, 1.82) is 0 Å². The maximum atomic E-state index is 12.0. The van der Waals surface area contributed by atoms with E-state index < -0.39 is 0 Å². The zero-order valence-corrected chi connectivity index (χ0v) is 9.89. The number of carbonyl (C=O) groups excluding carboxylic acids is 1. The fourth-order valence-corrected chi connectivity index (χ4v) is 3.23. The van der Waals surface area contributed by atoms with Crippen LogP contribution in [0.5, 0.6) is 0 Å². The fraction of sp³-hybridized carbons (Fsp3) is 0.900. The van der Waals surface area contributed by atoms with E-state index in [1.807, 2.05) is 23.7 Å². The van der Waals surface area contributed by atoms with E-state index >= 15 is 0 Å². The Bertz CT molecular complexity index is 225. The lowest BCUT2D eigenvalue weighted by Gasteiger charge is -2.30. The van der Waals surface area contributed by atoms with Crippen molar-refractivity contribution in [3.63, 3.8) is 0 Å². The first-order valence-corrected chi connectivity index (χ1v) is 6.61. The minimum Gasteiger partial charge on any atom is -0.366 e. The van der Waals surface area contributed by atoms with E-state index in [9.17, 15) is 4.79 Å². The predicted molar refractivity (Wildman–Crippen MR) is 61.1 cm³/mol. The van der Waals surface area contributed by atoms with Gasteiger partial charge in [-0.1, -0.05) is 0 Å². The van der Waals surface area contributed by atoms with Gasteiger partial charge in [-0.2, -0.15) is 11.8 Å². The number of ether oxygens (including phenoxy) is 1. The molecule has 2 heterocycles. The number of nitrogens with zero attached hydrogens (tertiary/aromatic N) is 1. The summed E-state index contributed by atoms with van der Waals surface area (Å²) in [5.41, 5.74) is 0. The van der Waals surface area contributed by atoms with E-state index in [-0.39, 0.29) is 12.0 Å². The van der Waals surface area contributed by atoms with Crippen molar-refractivity contribution < 1.29 is 9.53 Å². The van der Waals surface area contributed by atoms with E-state index in [4.69, 9.17) is 4.74 Å². The summed E-state index contributed by atoms with van der Waals surface area (Å²) in [5.74, 6) is 2.38. The molecule has 0 saturated carbocycles. The van der Waals surface area contributed by atoms with Crippen LogP contribution in [0.2, 0.25) is 0 Å². The van der Waals surface area contributed by atoms with Crippen LogP contribution in [0.1, 0.15) is 6.42 Å². The minimum atomic E-state index is -0.269. The van der Waals surface area contributed by atoms with Gasteiger partial charge in [-0.05, 0) is 12.2 Å². The molecule has 86 valence electrons. The number of nitrogens with one attached hydrogen (secondary N) is 1. The number of likely N-dealkylation sites (N-methyl/N-ethyl adjacent to an activating group) is 1. The Morgan fingerprint density at radius 3 is 3.07 bits per heavy atom. The molecule has 2 aliphatic rings. The smallest absolute Gasteiger partial charge is 0.253 e. The summed E-state index contributed by atoms with van der Waals surface area (Å²) in [5, 5.41) is 3.18. The molecular formula is C10H18N2O2S. The van der Waals surface area contributed by atoms with Crippen LogP contribution < -0.4 is 5.32 Å². The highest BCUT2D eigenvalue weighted by molar-refractivity contribution is 7.99. The molecule has 0 bridgehead atoms. The molecule has 2 fully saturated rings. The Hall–Kier alpha value is -0.260. The third-order valence-electron chi connectivity index (χ3n) is 3.00. The van der Waals surface area contributed by atoms with Gasteiger partial charge in [0.15, 0.2) is 0 Å². The molecule has 0 aliphatic carbocycles. The number of hydrogen-bond acceptors (Lipinski definition) is 4. The highest BCUT2D eigenvalue weighted by atomic mass is 32.2. The Morgan fingerprint density at radius 2 is 2.47 bits per heavy atom. The molecule has 2 atom stereocenters. The number of amides is 1. The lowest BCUT2D eigenvalue weighted by Crippen LogP contribution is -2.51. The molecule has 15 heavy (non-hydrogen) atoms. The summed E-state index contributed by atoms with van der Waals surface area (Å²) in [7, 11) is 1.90. The Labute approximate surface area is 94.7 Å². The van der Waals surface area contributed by atoms with Crippen molar-refractivity contribution in [2.75, 3.05) is 38.2 Å². The lowest BCUT2D eigenvalue weighted by atomic mass is 10.2. The van der Waals surface area contributed by atoms with Gasteiger partial charge in [0.1, 0.15) is 6.10 Å². The number of morpholine rings is 1. The largest absolute Gasteiger partial charge is 0.366 e. The third-order valence-corrected chi connectivity index (χ3v) is 4.15. The molecule has 0 radical (unpaired) electrons. The van der Waals surface area contributed by atoms with Crippen LogP contribution in [0.3, 0.4) is 0 Å². The molecule has 1 N–H and O–H groups in total. The van der Waals surface area contributed by atoms with Crippen molar-refractivity contribution in [1.82, 2.24) is 10.2 Å². The first kappa shape index (κ1) is 11.2. The lowest BCUT2D eigenvalue weighted by molar-refractivity contribution is -0.145. The van der Waals surface area contributed by atoms with Gasteiger partial charge in [0.2, 0.25) is 0 Å². The molecule has 2 saturated heterocycles. The van der Waals surface area contributed by atoms with Gasteiger partial charge in [-0.3, -0.25) is 4.79 Å². The van der Waals surface area contributed by atoms with E-state index in [1.54, 1.807) is 0 Å². The molecular weight excluding hydrogens is 212 g/mol. The molecule has 1 unspecified atom stereocenters. The first-order valence-electron chi connectivity index (χ1n) is 5.46. The van der Waals surface area contributed by atoms with Crippen LogP contribution in [-0.4, -0.2) is 61.2 Å². The zero-order chi connectivity index (χ0) is 10.7. The molecule has 1 amide bonds.